The van der Waals surface area contributed by atoms with Gasteiger partial charge in [0.2, 0.25) is 15.0 Å². The number of nitrogens with two attached hydrogens (primary N) is 1. The van der Waals surface area contributed by atoms with Gasteiger partial charge in [-0.1, -0.05) is 0 Å². The Hall–Kier alpha value is -2.35. The summed E-state index contributed by atoms with van der Waals surface area (Å²) in [5, 5.41) is -0.00580. The van der Waals surface area contributed by atoms with Gasteiger partial charge in [-0.15, -0.1) is 0 Å². The lowest BCUT2D eigenvalue weighted by Crippen LogP contribution is -2.11. The number of nitrogen functional groups attached to an aromatic ring is 1. The third kappa shape index (κ3) is 2.89. The molecule has 0 aliphatic heterocycles. The predicted octanol–water partition coefficient (Wildman–Crippen LogP) is 1.21. The second kappa shape index (κ2) is 5.21. The van der Waals surface area contributed by atoms with Gasteiger partial charge in [-0.05, 0) is 24.6 Å². The molecule has 0 fully saturated rings. The minimum Gasteiger partial charge on any atom is -0.399 e. The van der Waals surface area contributed by atoms with E-state index in [1.54, 1.807) is 36.9 Å². The van der Waals surface area contributed by atoms with Gasteiger partial charge in [0.1, 0.15) is 0 Å². The van der Waals surface area contributed by atoms with Gasteiger partial charge in [0.25, 0.3) is 0 Å². The van der Waals surface area contributed by atoms with Crippen LogP contribution in [0.1, 0.15) is 6.42 Å². The van der Waals surface area contributed by atoms with Gasteiger partial charge in [0.15, 0.2) is 0 Å². The molecular formula is C13H15N5O2S. The summed E-state index contributed by atoms with van der Waals surface area (Å²) in [5.74, 6) is 0.0283. The highest BCUT2D eigenvalue weighted by molar-refractivity contribution is 7.91. The van der Waals surface area contributed by atoms with E-state index < -0.39 is 9.84 Å². The summed E-state index contributed by atoms with van der Waals surface area (Å²) < 4.78 is 26.4. The zero-order valence-corrected chi connectivity index (χ0v) is 12.0. The fraction of sp³-hybridized carbons (Fsp3) is 0.231. The first-order chi connectivity index (χ1) is 10.0. The van der Waals surface area contributed by atoms with Crippen molar-refractivity contribution in [3.05, 3.63) is 36.9 Å². The fourth-order valence-electron chi connectivity index (χ4n) is 2.10. The number of benzene rings is 1. The smallest absolute Gasteiger partial charge is 0.226 e. The molecule has 0 amide bonds. The maximum absolute atomic E-state index is 12.3. The number of sulfone groups is 1. The van der Waals surface area contributed by atoms with E-state index in [-0.39, 0.29) is 10.9 Å². The van der Waals surface area contributed by atoms with E-state index in [0.29, 0.717) is 29.7 Å². The van der Waals surface area contributed by atoms with Crippen molar-refractivity contribution in [1.82, 2.24) is 19.5 Å². The van der Waals surface area contributed by atoms with E-state index in [0.717, 1.165) is 0 Å². The molecule has 0 saturated carbocycles. The SMILES string of the molecule is Nc1ccc2nc(S(=O)(=O)CCCn3ccnc3)[nH]c2c1. The Morgan fingerprint density at radius 1 is 1.33 bits per heavy atom. The average molecular weight is 305 g/mol. The number of aromatic nitrogens is 4. The van der Waals surface area contributed by atoms with Crippen LogP contribution in [0.15, 0.2) is 42.1 Å². The zero-order valence-electron chi connectivity index (χ0n) is 11.2. The number of H-pyrrole nitrogens is 1. The van der Waals surface area contributed by atoms with Crippen LogP contribution in [-0.4, -0.2) is 33.7 Å². The minimum absolute atomic E-state index is 0.00580. The monoisotopic (exact) mass is 305 g/mol. The lowest BCUT2D eigenvalue weighted by Gasteiger charge is -2.02. The molecule has 2 aromatic heterocycles. The molecule has 1 aromatic carbocycles. The second-order valence-electron chi connectivity index (χ2n) is 4.79. The highest BCUT2D eigenvalue weighted by Gasteiger charge is 2.18. The summed E-state index contributed by atoms with van der Waals surface area (Å²) in [6.45, 7) is 0.604. The Bertz CT molecular complexity index is 852. The van der Waals surface area contributed by atoms with Crippen molar-refractivity contribution in [2.24, 2.45) is 0 Å². The molecule has 0 bridgehead atoms. The van der Waals surface area contributed by atoms with Crippen LogP contribution in [-0.2, 0) is 16.4 Å². The van der Waals surface area contributed by atoms with E-state index in [2.05, 4.69) is 15.0 Å². The van der Waals surface area contributed by atoms with Gasteiger partial charge in [0.05, 0.1) is 23.1 Å². The van der Waals surface area contributed by atoms with Crippen LogP contribution >= 0.6 is 0 Å². The Morgan fingerprint density at radius 3 is 2.95 bits per heavy atom. The molecule has 0 saturated heterocycles. The number of imidazole rings is 2. The molecule has 3 aromatic rings. The molecule has 3 rings (SSSR count). The van der Waals surface area contributed by atoms with Gasteiger partial charge in [0, 0.05) is 24.6 Å². The number of aryl methyl sites for hydroxylation is 1. The quantitative estimate of drug-likeness (QED) is 0.689. The van der Waals surface area contributed by atoms with Crippen LogP contribution in [0.25, 0.3) is 11.0 Å². The maximum atomic E-state index is 12.3. The molecule has 0 aliphatic carbocycles. The van der Waals surface area contributed by atoms with E-state index in [1.165, 1.54) is 0 Å². The number of hydrogen-bond donors (Lipinski definition) is 2. The highest BCUT2D eigenvalue weighted by atomic mass is 32.2. The molecule has 7 nitrogen and oxygen atoms in total. The number of nitrogens with zero attached hydrogens (tertiary/aromatic N) is 3. The molecule has 0 atom stereocenters. The van der Waals surface area contributed by atoms with Crippen LogP contribution in [0.4, 0.5) is 5.69 Å². The summed E-state index contributed by atoms with van der Waals surface area (Å²) in [4.78, 5) is 10.9. The van der Waals surface area contributed by atoms with Crippen molar-refractivity contribution in [1.29, 1.82) is 0 Å². The Labute approximate surface area is 121 Å². The molecule has 110 valence electrons. The minimum atomic E-state index is -3.43. The maximum Gasteiger partial charge on any atom is 0.226 e. The highest BCUT2D eigenvalue weighted by Crippen LogP contribution is 2.18. The molecule has 0 spiro atoms. The molecule has 21 heavy (non-hydrogen) atoms. The van der Waals surface area contributed by atoms with Crippen molar-refractivity contribution in [3.63, 3.8) is 0 Å². The van der Waals surface area contributed by atoms with Crippen molar-refractivity contribution in [3.8, 4) is 0 Å². The second-order valence-corrected chi connectivity index (χ2v) is 6.82. The van der Waals surface area contributed by atoms with Crippen LogP contribution in [0.5, 0.6) is 0 Å². The lowest BCUT2D eigenvalue weighted by molar-refractivity contribution is 0.580. The first kappa shape index (κ1) is 13.6. The van der Waals surface area contributed by atoms with E-state index in [9.17, 15) is 8.42 Å². The van der Waals surface area contributed by atoms with Crippen LogP contribution in [0.3, 0.4) is 0 Å². The summed E-state index contributed by atoms with van der Waals surface area (Å²) >= 11 is 0. The molecule has 0 unspecified atom stereocenters. The van der Waals surface area contributed by atoms with Gasteiger partial charge in [-0.2, -0.15) is 0 Å². The Balaban J connectivity index is 1.76. The summed E-state index contributed by atoms with van der Waals surface area (Å²) in [6, 6.07) is 5.07. The summed E-state index contributed by atoms with van der Waals surface area (Å²) in [6.07, 6.45) is 5.63. The molecular weight excluding hydrogens is 290 g/mol. The van der Waals surface area contributed by atoms with Crippen molar-refractivity contribution < 1.29 is 8.42 Å². The normalized spacial score (nSPS) is 12.0. The standard InChI is InChI=1S/C13H15N5O2S/c14-10-2-3-11-12(8-10)17-13(16-11)21(19,20)7-1-5-18-6-4-15-9-18/h2-4,6,8-9H,1,5,7,14H2,(H,16,17). The molecule has 3 N–H and O–H groups in total. The average Bonchev–Trinajstić information content (AvgIpc) is 3.06. The largest absolute Gasteiger partial charge is 0.399 e. The lowest BCUT2D eigenvalue weighted by atomic mass is 10.3. The molecule has 8 heteroatoms. The van der Waals surface area contributed by atoms with Crippen molar-refractivity contribution >= 4 is 26.6 Å². The van der Waals surface area contributed by atoms with Gasteiger partial charge < -0.3 is 15.3 Å². The third-order valence-corrected chi connectivity index (χ3v) is 4.78. The van der Waals surface area contributed by atoms with E-state index >= 15 is 0 Å². The van der Waals surface area contributed by atoms with Gasteiger partial charge in [-0.25, -0.2) is 18.4 Å². The van der Waals surface area contributed by atoms with Crippen LogP contribution < -0.4 is 5.73 Å². The first-order valence-electron chi connectivity index (χ1n) is 6.48. The molecule has 0 aliphatic rings. The Morgan fingerprint density at radius 2 is 2.19 bits per heavy atom. The number of rotatable bonds is 5. The predicted molar refractivity (Wildman–Crippen MR) is 79.4 cm³/mol. The van der Waals surface area contributed by atoms with Crippen LogP contribution in [0, 0.1) is 0 Å². The fourth-order valence-corrected chi connectivity index (χ4v) is 3.31. The topological polar surface area (TPSA) is 107 Å². The van der Waals surface area contributed by atoms with Crippen LogP contribution in [0.2, 0.25) is 0 Å². The number of anilines is 1. The van der Waals surface area contributed by atoms with Gasteiger partial charge >= 0.3 is 0 Å². The number of hydrogen-bond acceptors (Lipinski definition) is 5. The van der Waals surface area contributed by atoms with E-state index in [4.69, 9.17) is 5.73 Å². The Kier molecular flexibility index (Phi) is 3.38. The number of nitrogens with one attached hydrogen (secondary N) is 1. The summed E-state index contributed by atoms with van der Waals surface area (Å²) in [7, 11) is -3.43. The molecule has 2 heterocycles. The third-order valence-electron chi connectivity index (χ3n) is 3.17. The van der Waals surface area contributed by atoms with E-state index in [1.807, 2.05) is 4.57 Å². The summed E-state index contributed by atoms with van der Waals surface area (Å²) in [5.41, 5.74) is 7.46. The molecule has 0 radical (unpaired) electrons. The number of fused-ring (bicyclic) bond motifs is 1. The number of aromatic amines is 1. The van der Waals surface area contributed by atoms with Crippen molar-refractivity contribution in [2.45, 2.75) is 18.1 Å². The zero-order chi connectivity index (χ0) is 14.9. The van der Waals surface area contributed by atoms with Gasteiger partial charge in [-0.3, -0.25) is 0 Å². The first-order valence-corrected chi connectivity index (χ1v) is 8.13. The van der Waals surface area contributed by atoms with Crippen molar-refractivity contribution in [2.75, 3.05) is 11.5 Å².